The molecule has 4 heteroatoms. The zero-order chi connectivity index (χ0) is 12.4. The van der Waals surface area contributed by atoms with Gasteiger partial charge in [0.15, 0.2) is 0 Å². The minimum Gasteiger partial charge on any atom is -0.373 e. The lowest BCUT2D eigenvalue weighted by Gasteiger charge is -2.26. The molecule has 0 aromatic carbocycles. The van der Waals surface area contributed by atoms with Crippen LogP contribution >= 0.6 is 11.3 Å². The van der Waals surface area contributed by atoms with Gasteiger partial charge in [-0.1, -0.05) is 6.07 Å². The molecule has 0 saturated carbocycles. The standard InChI is InChI=1S/C14H17N3S/c1-15-14-4-2-3-12(16-14)10-17-7-5-13-11(9-17)6-8-18-13/h2-4,6,8H,5,7,9-10H2,1H3,(H,15,16). The second kappa shape index (κ2) is 5.08. The van der Waals surface area contributed by atoms with Gasteiger partial charge < -0.3 is 5.32 Å². The van der Waals surface area contributed by atoms with Crippen LogP contribution in [-0.2, 0) is 19.5 Å². The molecule has 94 valence electrons. The summed E-state index contributed by atoms with van der Waals surface area (Å²) in [4.78, 5) is 8.61. The molecule has 18 heavy (non-hydrogen) atoms. The van der Waals surface area contributed by atoms with Crippen LogP contribution in [0.2, 0.25) is 0 Å². The minimum atomic E-state index is 0.935. The molecule has 0 atom stereocenters. The summed E-state index contributed by atoms with van der Waals surface area (Å²) >= 11 is 1.89. The van der Waals surface area contributed by atoms with Crippen molar-refractivity contribution in [2.24, 2.45) is 0 Å². The smallest absolute Gasteiger partial charge is 0.126 e. The maximum absolute atomic E-state index is 4.58. The highest BCUT2D eigenvalue weighted by atomic mass is 32.1. The Kier molecular flexibility index (Phi) is 3.30. The first-order chi connectivity index (χ1) is 8.85. The molecule has 3 heterocycles. The van der Waals surface area contributed by atoms with Crippen LogP contribution in [0.25, 0.3) is 0 Å². The summed E-state index contributed by atoms with van der Waals surface area (Å²) in [6.45, 7) is 3.13. The van der Waals surface area contributed by atoms with Crippen LogP contribution in [0.4, 0.5) is 5.82 Å². The fourth-order valence-electron chi connectivity index (χ4n) is 2.38. The van der Waals surface area contributed by atoms with E-state index in [9.17, 15) is 0 Å². The van der Waals surface area contributed by atoms with Crippen LogP contribution in [0.5, 0.6) is 0 Å². The van der Waals surface area contributed by atoms with Gasteiger partial charge in [0.2, 0.25) is 0 Å². The largest absolute Gasteiger partial charge is 0.373 e. The average molecular weight is 259 g/mol. The van der Waals surface area contributed by atoms with Crippen molar-refractivity contribution in [3.05, 3.63) is 45.8 Å². The number of pyridine rings is 1. The fourth-order valence-corrected chi connectivity index (χ4v) is 3.27. The highest BCUT2D eigenvalue weighted by Crippen LogP contribution is 2.24. The summed E-state index contributed by atoms with van der Waals surface area (Å²) in [5.74, 6) is 0.945. The van der Waals surface area contributed by atoms with E-state index in [2.05, 4.69) is 38.8 Å². The molecule has 0 radical (unpaired) electrons. The molecule has 3 rings (SSSR count). The van der Waals surface area contributed by atoms with E-state index in [0.29, 0.717) is 0 Å². The Morgan fingerprint density at radius 2 is 2.33 bits per heavy atom. The Hall–Kier alpha value is -1.39. The van der Waals surface area contributed by atoms with Gasteiger partial charge in [-0.15, -0.1) is 11.3 Å². The van der Waals surface area contributed by atoms with Crippen molar-refractivity contribution in [2.75, 3.05) is 18.9 Å². The van der Waals surface area contributed by atoms with E-state index >= 15 is 0 Å². The van der Waals surface area contributed by atoms with Gasteiger partial charge in [-0.25, -0.2) is 4.98 Å². The molecular weight excluding hydrogens is 242 g/mol. The van der Waals surface area contributed by atoms with Gasteiger partial charge in [-0.3, -0.25) is 4.90 Å². The molecule has 1 N–H and O–H groups in total. The summed E-state index contributed by atoms with van der Waals surface area (Å²) in [5, 5.41) is 5.29. The monoisotopic (exact) mass is 259 g/mol. The summed E-state index contributed by atoms with van der Waals surface area (Å²) in [7, 11) is 1.91. The van der Waals surface area contributed by atoms with Crippen LogP contribution in [0.15, 0.2) is 29.6 Å². The van der Waals surface area contributed by atoms with Gasteiger partial charge in [0.05, 0.1) is 5.69 Å². The highest BCUT2D eigenvalue weighted by molar-refractivity contribution is 7.10. The maximum atomic E-state index is 4.58. The Morgan fingerprint density at radius 1 is 1.39 bits per heavy atom. The molecule has 0 spiro atoms. The van der Waals surface area contributed by atoms with E-state index in [-0.39, 0.29) is 0 Å². The van der Waals surface area contributed by atoms with Crippen molar-refractivity contribution in [3.8, 4) is 0 Å². The molecular formula is C14H17N3S. The van der Waals surface area contributed by atoms with Gasteiger partial charge in [-0.05, 0) is 35.6 Å². The number of hydrogen-bond donors (Lipinski definition) is 1. The summed E-state index contributed by atoms with van der Waals surface area (Å²) in [5.41, 5.74) is 2.64. The third kappa shape index (κ3) is 2.40. The third-order valence-electron chi connectivity index (χ3n) is 3.34. The van der Waals surface area contributed by atoms with Crippen molar-refractivity contribution in [1.29, 1.82) is 0 Å². The minimum absolute atomic E-state index is 0.935. The third-order valence-corrected chi connectivity index (χ3v) is 4.36. The van der Waals surface area contributed by atoms with Crippen LogP contribution in [-0.4, -0.2) is 23.5 Å². The van der Waals surface area contributed by atoms with Crippen molar-refractivity contribution in [2.45, 2.75) is 19.5 Å². The Bertz CT molecular complexity index is 535. The molecule has 2 aromatic heterocycles. The van der Waals surface area contributed by atoms with Crippen molar-refractivity contribution in [3.63, 3.8) is 0 Å². The summed E-state index contributed by atoms with van der Waals surface area (Å²) in [6, 6.07) is 8.42. The molecule has 0 bridgehead atoms. The van der Waals surface area contributed by atoms with Crippen molar-refractivity contribution < 1.29 is 0 Å². The Morgan fingerprint density at radius 3 is 3.22 bits per heavy atom. The Balaban J connectivity index is 1.70. The fraction of sp³-hybridized carbons (Fsp3) is 0.357. The van der Waals surface area contributed by atoms with Gasteiger partial charge in [0.1, 0.15) is 5.82 Å². The number of fused-ring (bicyclic) bond motifs is 1. The number of thiophene rings is 1. The molecule has 2 aromatic rings. The predicted octanol–water partition coefficient (Wildman–Crippen LogP) is 2.74. The van der Waals surface area contributed by atoms with Crippen LogP contribution in [0.1, 0.15) is 16.1 Å². The van der Waals surface area contributed by atoms with E-state index in [1.165, 1.54) is 12.0 Å². The Labute approximate surface area is 111 Å². The lowest BCUT2D eigenvalue weighted by atomic mass is 10.1. The SMILES string of the molecule is CNc1cccc(CN2CCc3sccc3C2)n1. The highest BCUT2D eigenvalue weighted by Gasteiger charge is 2.17. The van der Waals surface area contributed by atoms with E-state index in [0.717, 1.165) is 31.1 Å². The first kappa shape index (κ1) is 11.7. The number of aromatic nitrogens is 1. The van der Waals surface area contributed by atoms with E-state index in [1.54, 1.807) is 4.88 Å². The van der Waals surface area contributed by atoms with Gasteiger partial charge >= 0.3 is 0 Å². The predicted molar refractivity (Wildman–Crippen MR) is 75.9 cm³/mol. The van der Waals surface area contributed by atoms with Crippen LogP contribution < -0.4 is 5.32 Å². The normalized spacial score (nSPS) is 15.4. The number of anilines is 1. The molecule has 1 aliphatic rings. The molecule has 0 fully saturated rings. The average Bonchev–Trinajstić information content (AvgIpc) is 2.86. The first-order valence-electron chi connectivity index (χ1n) is 6.26. The number of rotatable bonds is 3. The van der Waals surface area contributed by atoms with Crippen LogP contribution in [0, 0.1) is 0 Å². The zero-order valence-electron chi connectivity index (χ0n) is 10.5. The first-order valence-corrected chi connectivity index (χ1v) is 7.14. The summed E-state index contributed by atoms with van der Waals surface area (Å²) < 4.78 is 0. The molecule has 0 unspecified atom stereocenters. The van der Waals surface area contributed by atoms with E-state index < -0.39 is 0 Å². The number of hydrogen-bond acceptors (Lipinski definition) is 4. The molecule has 1 aliphatic heterocycles. The van der Waals surface area contributed by atoms with Crippen molar-refractivity contribution >= 4 is 17.2 Å². The quantitative estimate of drug-likeness (QED) is 0.918. The topological polar surface area (TPSA) is 28.2 Å². The lowest BCUT2D eigenvalue weighted by Crippen LogP contribution is -2.29. The van der Waals surface area contributed by atoms with Crippen LogP contribution in [0.3, 0.4) is 0 Å². The van der Waals surface area contributed by atoms with Gasteiger partial charge in [-0.2, -0.15) is 0 Å². The van der Waals surface area contributed by atoms with Crippen molar-refractivity contribution in [1.82, 2.24) is 9.88 Å². The second-order valence-electron chi connectivity index (χ2n) is 4.59. The molecule has 0 saturated heterocycles. The summed E-state index contributed by atoms with van der Waals surface area (Å²) in [6.07, 6.45) is 1.18. The zero-order valence-corrected chi connectivity index (χ0v) is 11.3. The maximum Gasteiger partial charge on any atom is 0.126 e. The lowest BCUT2D eigenvalue weighted by molar-refractivity contribution is 0.244. The number of nitrogens with zero attached hydrogens (tertiary/aromatic N) is 2. The second-order valence-corrected chi connectivity index (χ2v) is 5.59. The number of nitrogens with one attached hydrogen (secondary N) is 1. The molecule has 0 aliphatic carbocycles. The molecule has 0 amide bonds. The molecule has 3 nitrogen and oxygen atoms in total. The van der Waals surface area contributed by atoms with E-state index in [4.69, 9.17) is 0 Å². The van der Waals surface area contributed by atoms with E-state index in [1.807, 2.05) is 24.5 Å². The van der Waals surface area contributed by atoms with Gasteiger partial charge in [0, 0.05) is 31.6 Å². The van der Waals surface area contributed by atoms with Gasteiger partial charge in [0.25, 0.3) is 0 Å².